The van der Waals surface area contributed by atoms with Gasteiger partial charge in [-0.15, -0.1) is 0 Å². The van der Waals surface area contributed by atoms with Crippen LogP contribution in [0.1, 0.15) is 15.9 Å². The molecule has 7 heteroatoms. The van der Waals surface area contributed by atoms with Gasteiger partial charge in [0.15, 0.2) is 6.61 Å². The van der Waals surface area contributed by atoms with Crippen LogP contribution in [-0.4, -0.2) is 39.8 Å². The van der Waals surface area contributed by atoms with Crippen molar-refractivity contribution >= 4 is 17.6 Å². The third-order valence-electron chi connectivity index (χ3n) is 3.63. The van der Waals surface area contributed by atoms with Crippen LogP contribution in [0.3, 0.4) is 0 Å². The SMILES string of the molecule is COC(=O)c1ccc(C)c(NC(=O)COc2cc(OC)cc(OC)c2)c1. The summed E-state index contributed by atoms with van der Waals surface area (Å²) in [5, 5.41) is 2.72. The Morgan fingerprint density at radius 1 is 0.923 bits per heavy atom. The van der Waals surface area contributed by atoms with Gasteiger partial charge in [-0.3, -0.25) is 4.79 Å². The topological polar surface area (TPSA) is 83.1 Å². The number of benzene rings is 2. The largest absolute Gasteiger partial charge is 0.496 e. The van der Waals surface area contributed by atoms with Crippen molar-refractivity contribution in [3.8, 4) is 17.2 Å². The maximum Gasteiger partial charge on any atom is 0.337 e. The lowest BCUT2D eigenvalue weighted by Crippen LogP contribution is -2.21. The zero-order valence-electron chi connectivity index (χ0n) is 15.1. The molecule has 1 N–H and O–H groups in total. The van der Waals surface area contributed by atoms with Crippen LogP contribution >= 0.6 is 0 Å². The van der Waals surface area contributed by atoms with Crippen molar-refractivity contribution in [2.45, 2.75) is 6.92 Å². The van der Waals surface area contributed by atoms with Gasteiger partial charge >= 0.3 is 5.97 Å². The van der Waals surface area contributed by atoms with Crippen LogP contribution in [0.15, 0.2) is 36.4 Å². The van der Waals surface area contributed by atoms with E-state index in [0.717, 1.165) is 5.56 Å². The summed E-state index contributed by atoms with van der Waals surface area (Å²) in [7, 11) is 4.36. The molecule has 0 radical (unpaired) electrons. The Labute approximate surface area is 151 Å². The van der Waals surface area contributed by atoms with Crippen molar-refractivity contribution in [2.75, 3.05) is 33.3 Å². The summed E-state index contributed by atoms with van der Waals surface area (Å²) in [5.41, 5.74) is 1.69. The van der Waals surface area contributed by atoms with Crippen LogP contribution in [0.4, 0.5) is 5.69 Å². The van der Waals surface area contributed by atoms with Gasteiger partial charge in [0.2, 0.25) is 0 Å². The van der Waals surface area contributed by atoms with Gasteiger partial charge in [0.1, 0.15) is 17.2 Å². The van der Waals surface area contributed by atoms with Crippen LogP contribution in [0.2, 0.25) is 0 Å². The van der Waals surface area contributed by atoms with Crippen LogP contribution < -0.4 is 19.5 Å². The molecule has 2 aromatic rings. The average molecular weight is 359 g/mol. The fraction of sp³-hybridized carbons (Fsp3) is 0.263. The number of carbonyl (C=O) groups excluding carboxylic acids is 2. The monoisotopic (exact) mass is 359 g/mol. The van der Waals surface area contributed by atoms with Crippen molar-refractivity contribution in [3.05, 3.63) is 47.5 Å². The highest BCUT2D eigenvalue weighted by atomic mass is 16.5. The number of amides is 1. The minimum Gasteiger partial charge on any atom is -0.496 e. The fourth-order valence-corrected chi connectivity index (χ4v) is 2.20. The Kier molecular flexibility index (Phi) is 6.43. The lowest BCUT2D eigenvalue weighted by Gasteiger charge is -2.12. The fourth-order valence-electron chi connectivity index (χ4n) is 2.20. The van der Waals surface area contributed by atoms with E-state index in [4.69, 9.17) is 14.2 Å². The van der Waals surface area contributed by atoms with E-state index in [1.165, 1.54) is 21.3 Å². The van der Waals surface area contributed by atoms with Gasteiger partial charge < -0.3 is 24.3 Å². The zero-order chi connectivity index (χ0) is 19.1. The molecule has 2 aromatic carbocycles. The molecule has 0 atom stereocenters. The highest BCUT2D eigenvalue weighted by Gasteiger charge is 2.11. The second-order valence-corrected chi connectivity index (χ2v) is 5.41. The van der Waals surface area contributed by atoms with Gasteiger partial charge in [-0.2, -0.15) is 0 Å². The molecule has 0 bridgehead atoms. The van der Waals surface area contributed by atoms with Gasteiger partial charge in [-0.05, 0) is 24.6 Å². The molecule has 2 rings (SSSR count). The number of anilines is 1. The van der Waals surface area contributed by atoms with Crippen molar-refractivity contribution in [3.63, 3.8) is 0 Å². The number of aryl methyl sites for hydroxylation is 1. The molecular weight excluding hydrogens is 338 g/mol. The minimum atomic E-state index is -0.472. The molecule has 0 spiro atoms. The molecule has 1 amide bonds. The Morgan fingerprint density at radius 2 is 1.54 bits per heavy atom. The summed E-state index contributed by atoms with van der Waals surface area (Å²) in [6, 6.07) is 9.94. The number of carbonyl (C=O) groups is 2. The molecule has 0 heterocycles. The van der Waals surface area contributed by atoms with Crippen LogP contribution in [-0.2, 0) is 9.53 Å². The highest BCUT2D eigenvalue weighted by Crippen LogP contribution is 2.27. The molecule has 0 aliphatic carbocycles. The first-order valence-corrected chi connectivity index (χ1v) is 7.81. The summed E-state index contributed by atoms with van der Waals surface area (Å²) in [5.74, 6) is 0.719. The summed E-state index contributed by atoms with van der Waals surface area (Å²) in [6.45, 7) is 1.61. The summed E-state index contributed by atoms with van der Waals surface area (Å²) < 4.78 is 20.5. The number of nitrogens with one attached hydrogen (secondary N) is 1. The molecule has 0 fully saturated rings. The van der Waals surface area contributed by atoms with Crippen LogP contribution in [0.5, 0.6) is 17.2 Å². The van der Waals surface area contributed by atoms with Crippen LogP contribution in [0, 0.1) is 6.92 Å². The molecule has 0 aliphatic heterocycles. The second-order valence-electron chi connectivity index (χ2n) is 5.41. The normalized spacial score (nSPS) is 10.0. The number of esters is 1. The number of ether oxygens (including phenoxy) is 4. The van der Waals surface area contributed by atoms with E-state index >= 15 is 0 Å². The molecular formula is C19H21NO6. The Morgan fingerprint density at radius 3 is 2.12 bits per heavy atom. The molecule has 0 unspecified atom stereocenters. The Bertz CT molecular complexity index is 780. The molecule has 138 valence electrons. The molecule has 0 saturated carbocycles. The first-order chi connectivity index (χ1) is 12.5. The summed E-state index contributed by atoms with van der Waals surface area (Å²) in [4.78, 5) is 23.8. The van der Waals surface area contributed by atoms with Gasteiger partial charge in [-0.25, -0.2) is 4.79 Å². The first-order valence-electron chi connectivity index (χ1n) is 7.81. The molecule has 7 nitrogen and oxygen atoms in total. The van der Waals surface area contributed by atoms with Crippen LogP contribution in [0.25, 0.3) is 0 Å². The van der Waals surface area contributed by atoms with Crippen molar-refractivity contribution in [1.29, 1.82) is 0 Å². The van der Waals surface area contributed by atoms with E-state index in [1.54, 1.807) is 36.4 Å². The van der Waals surface area contributed by atoms with Gasteiger partial charge in [-0.1, -0.05) is 6.07 Å². The maximum atomic E-state index is 12.2. The van der Waals surface area contributed by atoms with Gasteiger partial charge in [0.25, 0.3) is 5.91 Å². The summed E-state index contributed by atoms with van der Waals surface area (Å²) in [6.07, 6.45) is 0. The second kappa shape index (κ2) is 8.75. The first kappa shape index (κ1) is 19.1. The van der Waals surface area contributed by atoms with E-state index in [-0.39, 0.29) is 12.5 Å². The lowest BCUT2D eigenvalue weighted by molar-refractivity contribution is -0.118. The van der Waals surface area contributed by atoms with Crippen molar-refractivity contribution in [1.82, 2.24) is 0 Å². The standard InChI is InChI=1S/C19H21NO6/c1-12-5-6-13(19(22)25-4)7-17(12)20-18(21)11-26-16-9-14(23-2)8-15(10-16)24-3/h5-10H,11H2,1-4H3,(H,20,21). The van der Waals surface area contributed by atoms with E-state index < -0.39 is 5.97 Å². The molecule has 0 aromatic heterocycles. The maximum absolute atomic E-state index is 12.2. The Hall–Kier alpha value is -3.22. The van der Waals surface area contributed by atoms with Gasteiger partial charge in [0.05, 0.1) is 26.9 Å². The number of hydrogen-bond donors (Lipinski definition) is 1. The number of rotatable bonds is 7. The lowest BCUT2D eigenvalue weighted by atomic mass is 10.1. The predicted octanol–water partition coefficient (Wildman–Crippen LogP) is 2.82. The van der Waals surface area contributed by atoms with E-state index in [9.17, 15) is 9.59 Å². The third-order valence-corrected chi connectivity index (χ3v) is 3.63. The molecule has 0 aliphatic rings. The van der Waals surface area contributed by atoms with E-state index in [1.807, 2.05) is 6.92 Å². The Balaban J connectivity index is 2.04. The summed E-state index contributed by atoms with van der Waals surface area (Å²) >= 11 is 0. The number of hydrogen-bond acceptors (Lipinski definition) is 6. The molecule has 26 heavy (non-hydrogen) atoms. The van der Waals surface area contributed by atoms with E-state index in [2.05, 4.69) is 10.1 Å². The van der Waals surface area contributed by atoms with Gasteiger partial charge in [0, 0.05) is 23.9 Å². The smallest absolute Gasteiger partial charge is 0.337 e. The minimum absolute atomic E-state index is 0.210. The third kappa shape index (κ3) is 4.89. The highest BCUT2D eigenvalue weighted by molar-refractivity contribution is 5.95. The zero-order valence-corrected chi connectivity index (χ0v) is 15.1. The van der Waals surface area contributed by atoms with Crippen molar-refractivity contribution in [2.24, 2.45) is 0 Å². The average Bonchev–Trinajstić information content (AvgIpc) is 2.67. The van der Waals surface area contributed by atoms with Crippen molar-refractivity contribution < 1.29 is 28.5 Å². The quantitative estimate of drug-likeness (QED) is 0.766. The van der Waals surface area contributed by atoms with E-state index in [0.29, 0.717) is 28.5 Å². The predicted molar refractivity (Wildman–Crippen MR) is 96.2 cm³/mol. The molecule has 0 saturated heterocycles. The number of methoxy groups -OCH3 is 3.